The predicted octanol–water partition coefficient (Wildman–Crippen LogP) is 4.72. The summed E-state index contributed by atoms with van der Waals surface area (Å²) >= 11 is 0. The summed E-state index contributed by atoms with van der Waals surface area (Å²) in [6, 6.07) is 29.5. The second kappa shape index (κ2) is 12.1. The van der Waals surface area contributed by atoms with Gasteiger partial charge >= 0.3 is 0 Å². The van der Waals surface area contributed by atoms with E-state index in [2.05, 4.69) is 13.8 Å². The molecule has 0 amide bonds. The predicted molar refractivity (Wildman–Crippen MR) is 145 cm³/mol. The average molecular weight is 503 g/mol. The molecule has 4 rings (SSSR count). The van der Waals surface area contributed by atoms with Crippen LogP contribution in [0.5, 0.6) is 17.2 Å². The molecule has 0 heterocycles. The number of hydrogen-bond acceptors (Lipinski definition) is 6. The summed E-state index contributed by atoms with van der Waals surface area (Å²) in [6.45, 7) is 4.27. The lowest BCUT2D eigenvalue weighted by Crippen LogP contribution is -2.25. The molecule has 2 unspecified atom stereocenters. The van der Waals surface area contributed by atoms with Gasteiger partial charge in [-0.1, -0.05) is 68.4 Å². The summed E-state index contributed by atoms with van der Waals surface area (Å²) in [7, 11) is 0. The second-order valence-corrected chi connectivity index (χ2v) is 9.61. The molecular formula is C31H34O6. The Bertz CT molecular complexity index is 1270. The molecule has 6 nitrogen and oxygen atoms in total. The number of ether oxygens (including phenoxy) is 3. The lowest BCUT2D eigenvalue weighted by Gasteiger charge is -2.26. The van der Waals surface area contributed by atoms with E-state index in [0.717, 1.165) is 21.9 Å². The van der Waals surface area contributed by atoms with Gasteiger partial charge < -0.3 is 29.5 Å². The molecule has 0 fully saturated rings. The van der Waals surface area contributed by atoms with E-state index >= 15 is 0 Å². The van der Waals surface area contributed by atoms with Gasteiger partial charge in [0.25, 0.3) is 0 Å². The van der Waals surface area contributed by atoms with Crippen LogP contribution in [0.2, 0.25) is 0 Å². The summed E-state index contributed by atoms with van der Waals surface area (Å²) in [5.74, 6) is 2.03. The molecule has 4 aromatic carbocycles. The van der Waals surface area contributed by atoms with Crippen molar-refractivity contribution < 1.29 is 29.5 Å². The number of aliphatic hydroxyl groups excluding tert-OH is 3. The molecule has 0 aliphatic carbocycles. The van der Waals surface area contributed by atoms with Gasteiger partial charge in [0.1, 0.15) is 49.3 Å². The summed E-state index contributed by atoms with van der Waals surface area (Å²) < 4.78 is 17.0. The molecule has 6 heteroatoms. The van der Waals surface area contributed by atoms with Crippen molar-refractivity contribution >= 4 is 10.8 Å². The quantitative estimate of drug-likeness (QED) is 0.260. The van der Waals surface area contributed by atoms with Crippen molar-refractivity contribution in [3.05, 3.63) is 102 Å². The van der Waals surface area contributed by atoms with Crippen LogP contribution in [-0.4, -0.2) is 54.0 Å². The van der Waals surface area contributed by atoms with Crippen LogP contribution in [0.15, 0.2) is 91.0 Å². The minimum atomic E-state index is -0.893. The fourth-order valence-electron chi connectivity index (χ4n) is 4.04. The van der Waals surface area contributed by atoms with E-state index in [1.807, 2.05) is 91.0 Å². The molecule has 194 valence electrons. The van der Waals surface area contributed by atoms with Gasteiger partial charge in [0.05, 0.1) is 6.61 Å². The van der Waals surface area contributed by atoms with Crippen LogP contribution >= 0.6 is 0 Å². The monoisotopic (exact) mass is 502 g/mol. The molecule has 0 aliphatic heterocycles. The minimum Gasteiger partial charge on any atom is -0.491 e. The van der Waals surface area contributed by atoms with E-state index in [0.29, 0.717) is 17.2 Å². The third kappa shape index (κ3) is 7.01. The zero-order chi connectivity index (χ0) is 26.3. The Hall–Kier alpha value is -3.58. The van der Waals surface area contributed by atoms with Crippen molar-refractivity contribution in [1.82, 2.24) is 0 Å². The highest BCUT2D eigenvalue weighted by molar-refractivity contribution is 5.83. The Labute approximate surface area is 217 Å². The van der Waals surface area contributed by atoms with Gasteiger partial charge in [-0.15, -0.1) is 0 Å². The van der Waals surface area contributed by atoms with Gasteiger partial charge in [-0.25, -0.2) is 0 Å². The van der Waals surface area contributed by atoms with Crippen LogP contribution in [0.3, 0.4) is 0 Å². The van der Waals surface area contributed by atoms with Crippen LogP contribution in [0.1, 0.15) is 25.0 Å². The van der Waals surface area contributed by atoms with E-state index in [1.165, 1.54) is 0 Å². The third-order valence-corrected chi connectivity index (χ3v) is 6.41. The highest BCUT2D eigenvalue weighted by atomic mass is 16.5. The maximum absolute atomic E-state index is 10.3. The molecule has 2 atom stereocenters. The summed E-state index contributed by atoms with van der Waals surface area (Å²) in [6.07, 6.45) is -1.66. The first-order valence-electron chi connectivity index (χ1n) is 12.4. The van der Waals surface area contributed by atoms with E-state index in [1.54, 1.807) is 0 Å². The Balaban J connectivity index is 1.28. The van der Waals surface area contributed by atoms with Gasteiger partial charge in [-0.05, 0) is 58.3 Å². The lowest BCUT2D eigenvalue weighted by atomic mass is 9.78. The smallest absolute Gasteiger partial charge is 0.122 e. The number of hydrogen-bond donors (Lipinski definition) is 3. The zero-order valence-corrected chi connectivity index (χ0v) is 21.2. The Morgan fingerprint density at radius 2 is 1.05 bits per heavy atom. The van der Waals surface area contributed by atoms with Gasteiger partial charge in [0.2, 0.25) is 0 Å². The maximum Gasteiger partial charge on any atom is 0.122 e. The average Bonchev–Trinajstić information content (AvgIpc) is 2.94. The van der Waals surface area contributed by atoms with Crippen LogP contribution < -0.4 is 14.2 Å². The number of fused-ring (bicyclic) bond motifs is 1. The molecule has 0 aliphatic rings. The number of rotatable bonds is 12. The molecule has 0 spiro atoms. The normalized spacial score (nSPS) is 13.2. The van der Waals surface area contributed by atoms with Gasteiger partial charge in [-0.3, -0.25) is 0 Å². The summed E-state index contributed by atoms with van der Waals surface area (Å²) in [5, 5.41) is 30.9. The molecule has 3 N–H and O–H groups in total. The third-order valence-electron chi connectivity index (χ3n) is 6.41. The number of benzene rings is 4. The maximum atomic E-state index is 10.3. The first kappa shape index (κ1) is 26.5. The van der Waals surface area contributed by atoms with Crippen molar-refractivity contribution in [2.24, 2.45) is 0 Å². The molecule has 0 bridgehead atoms. The van der Waals surface area contributed by atoms with Gasteiger partial charge in [0, 0.05) is 5.41 Å². The van der Waals surface area contributed by atoms with Crippen LogP contribution in [0.25, 0.3) is 10.8 Å². The van der Waals surface area contributed by atoms with Crippen molar-refractivity contribution in [3.63, 3.8) is 0 Å². The Morgan fingerprint density at radius 3 is 1.59 bits per heavy atom. The molecule has 4 aromatic rings. The first-order valence-corrected chi connectivity index (χ1v) is 12.4. The van der Waals surface area contributed by atoms with Crippen LogP contribution in [0, 0.1) is 0 Å². The topological polar surface area (TPSA) is 88.4 Å². The molecule has 37 heavy (non-hydrogen) atoms. The lowest BCUT2D eigenvalue weighted by molar-refractivity contribution is 0.0536. The largest absolute Gasteiger partial charge is 0.491 e. The fraction of sp³-hybridized carbons (Fsp3) is 0.290. The highest BCUT2D eigenvalue weighted by Gasteiger charge is 2.23. The summed E-state index contributed by atoms with van der Waals surface area (Å²) in [5.41, 5.74) is 1.97. The van der Waals surface area contributed by atoms with E-state index in [9.17, 15) is 10.2 Å². The van der Waals surface area contributed by atoms with Crippen molar-refractivity contribution in [2.75, 3.05) is 26.4 Å². The number of aliphatic hydroxyl groups is 3. The van der Waals surface area contributed by atoms with Gasteiger partial charge in [0.15, 0.2) is 0 Å². The van der Waals surface area contributed by atoms with E-state index in [-0.39, 0.29) is 31.8 Å². The van der Waals surface area contributed by atoms with E-state index < -0.39 is 12.2 Å². The molecule has 0 saturated heterocycles. The first-order chi connectivity index (χ1) is 17.8. The van der Waals surface area contributed by atoms with Gasteiger partial charge in [-0.2, -0.15) is 0 Å². The Morgan fingerprint density at radius 1 is 0.595 bits per heavy atom. The standard InChI is InChI=1S/C31H34O6/c1-31(2,24-8-13-28(14-9-24)35-19-26(33)18-32)25-10-15-29(16-11-25)36-20-27(34)21-37-30-12-7-22-5-3-4-6-23(22)17-30/h3-17,26-27,32-34H,18-21H2,1-2H3. The molecule has 0 saturated carbocycles. The second-order valence-electron chi connectivity index (χ2n) is 9.61. The van der Waals surface area contributed by atoms with Crippen LogP contribution in [0.4, 0.5) is 0 Å². The molecular weight excluding hydrogens is 468 g/mol. The zero-order valence-electron chi connectivity index (χ0n) is 21.2. The van der Waals surface area contributed by atoms with Crippen molar-refractivity contribution in [3.8, 4) is 17.2 Å². The molecule has 0 aromatic heterocycles. The Kier molecular flexibility index (Phi) is 8.66. The minimum absolute atomic E-state index is 0.0466. The summed E-state index contributed by atoms with van der Waals surface area (Å²) in [4.78, 5) is 0. The fourth-order valence-corrected chi connectivity index (χ4v) is 4.04. The van der Waals surface area contributed by atoms with Crippen LogP contribution in [-0.2, 0) is 5.41 Å². The van der Waals surface area contributed by atoms with E-state index in [4.69, 9.17) is 19.3 Å². The SMILES string of the molecule is CC(C)(c1ccc(OCC(O)CO)cc1)c1ccc(OCC(O)COc2ccc3ccccc3c2)cc1. The van der Waals surface area contributed by atoms with Crippen molar-refractivity contribution in [1.29, 1.82) is 0 Å². The molecule has 0 radical (unpaired) electrons. The highest BCUT2D eigenvalue weighted by Crippen LogP contribution is 2.33. The van der Waals surface area contributed by atoms with Crippen molar-refractivity contribution in [2.45, 2.75) is 31.5 Å².